The third-order valence-corrected chi connectivity index (χ3v) is 4.58. The molecule has 0 saturated carbocycles. The molecule has 98 valence electrons. The molecule has 3 rings (SSSR count). The summed E-state index contributed by atoms with van der Waals surface area (Å²) in [7, 11) is 0. The maximum absolute atomic E-state index is 3.52. The first-order valence-corrected chi connectivity index (χ1v) is 7.29. The van der Waals surface area contributed by atoms with Gasteiger partial charge in [-0.25, -0.2) is 0 Å². The molecule has 0 bridgehead atoms. The van der Waals surface area contributed by atoms with Gasteiger partial charge in [-0.15, -0.1) is 0 Å². The normalized spacial score (nSPS) is 27.3. The number of aryl methyl sites for hydroxylation is 2. The lowest BCUT2D eigenvalue weighted by Crippen LogP contribution is -2.36. The summed E-state index contributed by atoms with van der Waals surface area (Å²) in [4.78, 5) is 2.62. The summed E-state index contributed by atoms with van der Waals surface area (Å²) in [5.74, 6) is 1.64. The van der Waals surface area contributed by atoms with Gasteiger partial charge in [-0.3, -0.25) is 0 Å². The fourth-order valence-corrected chi connectivity index (χ4v) is 3.39. The molecule has 0 spiro atoms. The highest BCUT2D eigenvalue weighted by Gasteiger charge is 2.27. The van der Waals surface area contributed by atoms with Crippen molar-refractivity contribution in [2.45, 2.75) is 26.7 Å². The van der Waals surface area contributed by atoms with Gasteiger partial charge in [-0.1, -0.05) is 24.6 Å². The smallest absolute Gasteiger partial charge is 0.0399 e. The van der Waals surface area contributed by atoms with Crippen molar-refractivity contribution >= 4 is 5.69 Å². The van der Waals surface area contributed by atoms with E-state index in [0.29, 0.717) is 0 Å². The predicted octanol–water partition coefficient (Wildman–Crippen LogP) is 2.60. The number of benzene rings is 1. The van der Waals surface area contributed by atoms with E-state index in [9.17, 15) is 0 Å². The lowest BCUT2D eigenvalue weighted by atomic mass is 9.94. The third kappa shape index (κ3) is 2.26. The van der Waals surface area contributed by atoms with Crippen LogP contribution in [0, 0.1) is 18.8 Å². The molecule has 0 aliphatic carbocycles. The number of rotatable bonds is 2. The molecule has 1 N–H and O–H groups in total. The molecule has 2 atom stereocenters. The van der Waals surface area contributed by atoms with Crippen molar-refractivity contribution in [1.29, 1.82) is 0 Å². The minimum Gasteiger partial charge on any atom is -0.371 e. The van der Waals surface area contributed by atoms with Gasteiger partial charge in [0.1, 0.15) is 0 Å². The van der Waals surface area contributed by atoms with Crippen molar-refractivity contribution in [2.24, 2.45) is 11.8 Å². The number of hydrogen-bond donors (Lipinski definition) is 1. The van der Waals surface area contributed by atoms with Crippen LogP contribution in [0.4, 0.5) is 5.69 Å². The fraction of sp³-hybridized carbons (Fsp3) is 0.625. The number of anilines is 1. The molecule has 18 heavy (non-hydrogen) atoms. The summed E-state index contributed by atoms with van der Waals surface area (Å²) in [5, 5.41) is 3.52. The van der Waals surface area contributed by atoms with Crippen LogP contribution in [-0.2, 0) is 6.42 Å². The second-order valence-corrected chi connectivity index (χ2v) is 6.08. The van der Waals surface area contributed by atoms with Crippen LogP contribution in [0.3, 0.4) is 0 Å². The van der Waals surface area contributed by atoms with E-state index in [-0.39, 0.29) is 0 Å². The van der Waals surface area contributed by atoms with Gasteiger partial charge in [0, 0.05) is 18.8 Å². The van der Waals surface area contributed by atoms with E-state index in [1.807, 2.05) is 0 Å². The Labute approximate surface area is 110 Å². The molecule has 0 amide bonds. The lowest BCUT2D eigenvalue weighted by Gasteiger charge is -2.34. The van der Waals surface area contributed by atoms with E-state index < -0.39 is 0 Å². The minimum atomic E-state index is 0.817. The quantitative estimate of drug-likeness (QED) is 0.860. The number of nitrogens with one attached hydrogen (secondary N) is 1. The molecule has 2 aliphatic rings. The van der Waals surface area contributed by atoms with Gasteiger partial charge in [-0.05, 0) is 56.3 Å². The highest BCUT2D eigenvalue weighted by Crippen LogP contribution is 2.30. The maximum atomic E-state index is 3.52. The summed E-state index contributed by atoms with van der Waals surface area (Å²) < 4.78 is 0. The molecule has 1 saturated heterocycles. The van der Waals surface area contributed by atoms with Crippen LogP contribution in [-0.4, -0.2) is 26.2 Å². The van der Waals surface area contributed by atoms with Crippen LogP contribution in [0.5, 0.6) is 0 Å². The van der Waals surface area contributed by atoms with Crippen LogP contribution >= 0.6 is 0 Å². The minimum absolute atomic E-state index is 0.817. The van der Waals surface area contributed by atoms with Gasteiger partial charge >= 0.3 is 0 Å². The molecule has 2 nitrogen and oxygen atoms in total. The van der Waals surface area contributed by atoms with E-state index in [4.69, 9.17) is 0 Å². The first-order valence-electron chi connectivity index (χ1n) is 7.29. The number of nitrogens with zero attached hydrogens (tertiary/aromatic N) is 1. The summed E-state index contributed by atoms with van der Waals surface area (Å²) in [6.07, 6.45) is 2.57. The van der Waals surface area contributed by atoms with Crippen molar-refractivity contribution < 1.29 is 0 Å². The summed E-state index contributed by atoms with van der Waals surface area (Å²) in [6.45, 7) is 9.43. The summed E-state index contributed by atoms with van der Waals surface area (Å²) >= 11 is 0. The topological polar surface area (TPSA) is 15.3 Å². The molecule has 2 heterocycles. The van der Waals surface area contributed by atoms with E-state index in [1.165, 1.54) is 50.3 Å². The maximum Gasteiger partial charge on any atom is 0.0399 e. The second-order valence-electron chi connectivity index (χ2n) is 6.08. The molecule has 2 aliphatic heterocycles. The van der Waals surface area contributed by atoms with Crippen molar-refractivity contribution in [2.75, 3.05) is 31.1 Å². The predicted molar refractivity (Wildman–Crippen MR) is 77.2 cm³/mol. The fourth-order valence-electron chi connectivity index (χ4n) is 3.39. The average Bonchev–Trinajstić information content (AvgIpc) is 2.75. The molecule has 1 aromatic carbocycles. The molecular formula is C16H24N2. The van der Waals surface area contributed by atoms with Crippen LogP contribution in [0.15, 0.2) is 18.2 Å². The van der Waals surface area contributed by atoms with Crippen molar-refractivity contribution in [3.63, 3.8) is 0 Å². The van der Waals surface area contributed by atoms with Crippen molar-refractivity contribution in [3.05, 3.63) is 29.3 Å². The van der Waals surface area contributed by atoms with Gasteiger partial charge in [0.25, 0.3) is 0 Å². The Morgan fingerprint density at radius 3 is 3.00 bits per heavy atom. The highest BCUT2D eigenvalue weighted by atomic mass is 15.1. The standard InChI is InChI=1S/C16H24N2/c1-12-5-6-16-14(8-12)4-3-7-18(16)11-15-10-17-9-13(15)2/h5-6,8,13,15,17H,3-4,7,9-11H2,1-2H3. The average molecular weight is 244 g/mol. The molecule has 0 aromatic heterocycles. The Hall–Kier alpha value is -1.02. The Morgan fingerprint density at radius 1 is 1.33 bits per heavy atom. The van der Waals surface area contributed by atoms with Crippen LogP contribution in [0.2, 0.25) is 0 Å². The van der Waals surface area contributed by atoms with E-state index >= 15 is 0 Å². The van der Waals surface area contributed by atoms with Gasteiger partial charge in [0.2, 0.25) is 0 Å². The zero-order valence-corrected chi connectivity index (χ0v) is 11.6. The molecule has 1 fully saturated rings. The molecule has 2 heteroatoms. The van der Waals surface area contributed by atoms with Crippen LogP contribution in [0.25, 0.3) is 0 Å². The van der Waals surface area contributed by atoms with Gasteiger partial charge in [-0.2, -0.15) is 0 Å². The van der Waals surface area contributed by atoms with Crippen LogP contribution in [0.1, 0.15) is 24.5 Å². The Morgan fingerprint density at radius 2 is 2.22 bits per heavy atom. The summed E-state index contributed by atoms with van der Waals surface area (Å²) in [6, 6.07) is 6.96. The zero-order chi connectivity index (χ0) is 12.5. The largest absolute Gasteiger partial charge is 0.371 e. The van der Waals surface area contributed by atoms with E-state index in [2.05, 4.69) is 42.3 Å². The lowest BCUT2D eigenvalue weighted by molar-refractivity contribution is 0.442. The SMILES string of the molecule is Cc1ccc2c(c1)CCCN2CC1CNCC1C. The monoisotopic (exact) mass is 244 g/mol. The second kappa shape index (κ2) is 4.93. The van der Waals surface area contributed by atoms with Gasteiger partial charge in [0.05, 0.1) is 0 Å². The molecule has 0 radical (unpaired) electrons. The zero-order valence-electron chi connectivity index (χ0n) is 11.6. The number of fused-ring (bicyclic) bond motifs is 1. The first-order chi connectivity index (χ1) is 8.74. The van der Waals surface area contributed by atoms with Crippen molar-refractivity contribution in [3.8, 4) is 0 Å². The van der Waals surface area contributed by atoms with Crippen LogP contribution < -0.4 is 10.2 Å². The third-order valence-electron chi connectivity index (χ3n) is 4.58. The van der Waals surface area contributed by atoms with Crippen molar-refractivity contribution in [1.82, 2.24) is 5.32 Å². The van der Waals surface area contributed by atoms with E-state index in [1.54, 1.807) is 5.56 Å². The van der Waals surface area contributed by atoms with Gasteiger partial charge < -0.3 is 10.2 Å². The van der Waals surface area contributed by atoms with Gasteiger partial charge in [0.15, 0.2) is 0 Å². The Kier molecular flexibility index (Phi) is 3.29. The molecule has 2 unspecified atom stereocenters. The Balaban J connectivity index is 1.78. The first kappa shape index (κ1) is 12.0. The Bertz CT molecular complexity index is 427. The molecular weight excluding hydrogens is 220 g/mol. The molecule has 1 aromatic rings. The summed E-state index contributed by atoms with van der Waals surface area (Å²) in [5.41, 5.74) is 4.44. The highest BCUT2D eigenvalue weighted by molar-refractivity contribution is 5.56. The number of hydrogen-bond acceptors (Lipinski definition) is 2. The van der Waals surface area contributed by atoms with E-state index in [0.717, 1.165) is 11.8 Å².